The van der Waals surface area contributed by atoms with Gasteiger partial charge in [0.25, 0.3) is 0 Å². The summed E-state index contributed by atoms with van der Waals surface area (Å²) in [6.07, 6.45) is 33.6. The average molecular weight is 447 g/mol. The summed E-state index contributed by atoms with van der Waals surface area (Å²) < 4.78 is 2.50. The van der Waals surface area contributed by atoms with Gasteiger partial charge in [-0.1, -0.05) is 136 Å². The Morgan fingerprint density at radius 1 is 0.625 bits per heavy atom. The van der Waals surface area contributed by atoms with Gasteiger partial charge in [-0.25, -0.2) is 4.98 Å². The van der Waals surface area contributed by atoms with Crippen molar-refractivity contribution in [3.63, 3.8) is 0 Å². The second-order valence-electron chi connectivity index (χ2n) is 10.4. The molecule has 0 aromatic carbocycles. The quantitative estimate of drug-likeness (QED) is 0.153. The van der Waals surface area contributed by atoms with Gasteiger partial charge in [0, 0.05) is 24.4 Å². The molecule has 0 N–H and O–H groups in total. The van der Waals surface area contributed by atoms with Crippen LogP contribution in [0.1, 0.15) is 180 Å². The van der Waals surface area contributed by atoms with Gasteiger partial charge in [-0.05, 0) is 26.2 Å². The van der Waals surface area contributed by atoms with E-state index in [1.165, 1.54) is 141 Å². The largest absolute Gasteiger partial charge is 0.332 e. The van der Waals surface area contributed by atoms with Gasteiger partial charge in [0.2, 0.25) is 0 Å². The highest BCUT2D eigenvalue weighted by atomic mass is 15.1. The monoisotopic (exact) mass is 446 g/mol. The van der Waals surface area contributed by atoms with E-state index in [1.54, 1.807) is 0 Å². The van der Waals surface area contributed by atoms with E-state index >= 15 is 0 Å². The average Bonchev–Trinajstić information content (AvgIpc) is 3.29. The SMILES string of the molecule is CCCCCCCCCCCCCCCC(CC)c1nccn1C(C)CCCCCCC. The number of imidazole rings is 1. The summed E-state index contributed by atoms with van der Waals surface area (Å²) in [5.74, 6) is 1.99. The molecule has 1 heterocycles. The zero-order chi connectivity index (χ0) is 23.3. The normalized spacial score (nSPS) is 13.5. The first-order chi connectivity index (χ1) is 15.7. The third-order valence-electron chi connectivity index (χ3n) is 7.41. The van der Waals surface area contributed by atoms with Gasteiger partial charge in [-0.15, -0.1) is 0 Å². The Hall–Kier alpha value is -0.790. The summed E-state index contributed by atoms with van der Waals surface area (Å²) in [4.78, 5) is 4.81. The molecule has 0 bridgehead atoms. The van der Waals surface area contributed by atoms with E-state index in [9.17, 15) is 0 Å². The van der Waals surface area contributed by atoms with Gasteiger partial charge in [-0.3, -0.25) is 0 Å². The topological polar surface area (TPSA) is 17.8 Å². The fraction of sp³-hybridized carbons (Fsp3) is 0.900. The van der Waals surface area contributed by atoms with Crippen LogP contribution in [0.3, 0.4) is 0 Å². The number of nitrogens with zero attached hydrogens (tertiary/aromatic N) is 2. The van der Waals surface area contributed by atoms with E-state index < -0.39 is 0 Å². The molecule has 2 nitrogen and oxygen atoms in total. The van der Waals surface area contributed by atoms with Crippen molar-refractivity contribution in [1.29, 1.82) is 0 Å². The molecular weight excluding hydrogens is 388 g/mol. The van der Waals surface area contributed by atoms with E-state index in [4.69, 9.17) is 4.98 Å². The maximum atomic E-state index is 4.81. The molecule has 0 saturated heterocycles. The third-order valence-corrected chi connectivity index (χ3v) is 7.41. The Balaban J connectivity index is 2.14. The number of unbranched alkanes of at least 4 members (excludes halogenated alkanes) is 16. The molecule has 1 rings (SSSR count). The maximum Gasteiger partial charge on any atom is 0.111 e. The summed E-state index contributed by atoms with van der Waals surface area (Å²) in [5, 5.41) is 0. The number of rotatable bonds is 23. The van der Waals surface area contributed by atoms with E-state index in [-0.39, 0.29) is 0 Å². The first-order valence-corrected chi connectivity index (χ1v) is 14.8. The lowest BCUT2D eigenvalue weighted by Crippen LogP contribution is -2.12. The van der Waals surface area contributed by atoms with Gasteiger partial charge in [0.1, 0.15) is 5.82 Å². The minimum absolute atomic E-state index is 0.592. The van der Waals surface area contributed by atoms with Crippen molar-refractivity contribution in [1.82, 2.24) is 9.55 Å². The summed E-state index contributed by atoms with van der Waals surface area (Å²) in [7, 11) is 0. The van der Waals surface area contributed by atoms with Gasteiger partial charge >= 0.3 is 0 Å². The highest BCUT2D eigenvalue weighted by Gasteiger charge is 2.17. The molecule has 0 aliphatic carbocycles. The van der Waals surface area contributed by atoms with Crippen molar-refractivity contribution in [2.75, 3.05) is 0 Å². The molecule has 1 aromatic rings. The molecule has 2 unspecified atom stereocenters. The Kier molecular flexibility index (Phi) is 19.0. The molecule has 0 radical (unpaired) electrons. The van der Waals surface area contributed by atoms with Crippen LogP contribution in [0.5, 0.6) is 0 Å². The number of aromatic nitrogens is 2. The number of hydrogen-bond acceptors (Lipinski definition) is 1. The summed E-state index contributed by atoms with van der Waals surface area (Å²) in [5.41, 5.74) is 0. The second-order valence-corrected chi connectivity index (χ2v) is 10.4. The van der Waals surface area contributed by atoms with Gasteiger partial charge in [0.15, 0.2) is 0 Å². The molecule has 0 saturated carbocycles. The molecule has 2 atom stereocenters. The van der Waals surface area contributed by atoms with Crippen LogP contribution in [-0.4, -0.2) is 9.55 Å². The molecule has 32 heavy (non-hydrogen) atoms. The molecule has 0 aliphatic heterocycles. The lowest BCUT2D eigenvalue weighted by molar-refractivity contribution is 0.426. The van der Waals surface area contributed by atoms with Crippen molar-refractivity contribution in [2.45, 2.75) is 174 Å². The van der Waals surface area contributed by atoms with Gasteiger partial charge in [0.05, 0.1) is 0 Å². The summed E-state index contributed by atoms with van der Waals surface area (Å²) in [6, 6.07) is 0.592. The Morgan fingerprint density at radius 3 is 1.53 bits per heavy atom. The minimum Gasteiger partial charge on any atom is -0.332 e. The van der Waals surface area contributed by atoms with E-state index in [2.05, 4.69) is 38.5 Å². The molecule has 0 spiro atoms. The van der Waals surface area contributed by atoms with Crippen molar-refractivity contribution in [3.8, 4) is 0 Å². The zero-order valence-corrected chi connectivity index (χ0v) is 22.6. The van der Waals surface area contributed by atoms with Crippen LogP contribution in [0.2, 0.25) is 0 Å². The fourth-order valence-electron chi connectivity index (χ4n) is 5.12. The summed E-state index contributed by atoms with van der Waals surface area (Å²) in [6.45, 7) is 9.34. The van der Waals surface area contributed by atoms with Crippen molar-refractivity contribution in [3.05, 3.63) is 18.2 Å². The predicted molar refractivity (Wildman–Crippen MR) is 144 cm³/mol. The fourth-order valence-corrected chi connectivity index (χ4v) is 5.12. The first-order valence-electron chi connectivity index (χ1n) is 14.8. The van der Waals surface area contributed by atoms with Crippen molar-refractivity contribution >= 4 is 0 Å². The van der Waals surface area contributed by atoms with E-state index in [0.717, 1.165) is 0 Å². The van der Waals surface area contributed by atoms with E-state index in [1.807, 2.05) is 6.20 Å². The highest BCUT2D eigenvalue weighted by Crippen LogP contribution is 2.28. The lowest BCUT2D eigenvalue weighted by Gasteiger charge is -2.21. The van der Waals surface area contributed by atoms with Crippen LogP contribution < -0.4 is 0 Å². The van der Waals surface area contributed by atoms with E-state index in [0.29, 0.717) is 12.0 Å². The standard InChI is InChI=1S/C30H58N2/c1-5-8-10-12-13-14-15-16-17-18-19-21-23-25-29(7-3)30-31-26-27-32(30)28(4)24-22-20-11-9-6-2/h26-29H,5-25H2,1-4H3. The first kappa shape index (κ1) is 29.2. The third kappa shape index (κ3) is 13.7. The van der Waals surface area contributed by atoms with Crippen LogP contribution in [0.25, 0.3) is 0 Å². The van der Waals surface area contributed by atoms with Gasteiger partial charge < -0.3 is 4.57 Å². The van der Waals surface area contributed by atoms with Crippen LogP contribution in [0, 0.1) is 0 Å². The molecule has 2 heteroatoms. The molecular formula is C30H58N2. The predicted octanol–water partition coefficient (Wildman–Crippen LogP) is 10.8. The molecule has 0 amide bonds. The Bertz CT molecular complexity index is 507. The van der Waals surface area contributed by atoms with Crippen LogP contribution in [-0.2, 0) is 0 Å². The Labute approximate surface area is 202 Å². The minimum atomic E-state index is 0.592. The van der Waals surface area contributed by atoms with Crippen molar-refractivity contribution in [2.24, 2.45) is 0 Å². The lowest BCUT2D eigenvalue weighted by atomic mass is 9.96. The van der Waals surface area contributed by atoms with Crippen molar-refractivity contribution < 1.29 is 0 Å². The summed E-state index contributed by atoms with van der Waals surface area (Å²) >= 11 is 0. The molecule has 0 fully saturated rings. The molecule has 1 aromatic heterocycles. The van der Waals surface area contributed by atoms with Crippen LogP contribution in [0.4, 0.5) is 0 Å². The van der Waals surface area contributed by atoms with Crippen LogP contribution >= 0.6 is 0 Å². The number of hydrogen-bond donors (Lipinski definition) is 0. The molecule has 0 aliphatic rings. The highest BCUT2D eigenvalue weighted by molar-refractivity contribution is 5.02. The molecule has 188 valence electrons. The Morgan fingerprint density at radius 2 is 1.06 bits per heavy atom. The zero-order valence-electron chi connectivity index (χ0n) is 22.6. The van der Waals surface area contributed by atoms with Gasteiger partial charge in [-0.2, -0.15) is 0 Å². The second kappa shape index (κ2) is 20.8. The maximum absolute atomic E-state index is 4.81. The smallest absolute Gasteiger partial charge is 0.111 e. The van der Waals surface area contributed by atoms with Crippen LogP contribution in [0.15, 0.2) is 12.4 Å².